The largest absolute Gasteiger partial charge is 0.497 e. The maximum absolute atomic E-state index is 5.48. The molecule has 1 aliphatic rings. The number of nitrogens with one attached hydrogen (secondary N) is 1. The standard InChI is InChI=1S/C18H29NO2/c1-13(2)14-6-5-7-15(9-8-14)19-17-11-10-16(20-3)12-18(17)21-4/h10-15,19H,5-9H2,1-4H3. The zero-order valence-electron chi connectivity index (χ0n) is 13.8. The van der Waals surface area contributed by atoms with E-state index in [1.807, 2.05) is 12.1 Å². The van der Waals surface area contributed by atoms with E-state index in [2.05, 4.69) is 25.2 Å². The van der Waals surface area contributed by atoms with Gasteiger partial charge >= 0.3 is 0 Å². The van der Waals surface area contributed by atoms with E-state index >= 15 is 0 Å². The van der Waals surface area contributed by atoms with Gasteiger partial charge in [-0.05, 0) is 43.2 Å². The zero-order valence-corrected chi connectivity index (χ0v) is 13.8. The van der Waals surface area contributed by atoms with Crippen LogP contribution in [0.1, 0.15) is 46.0 Å². The number of hydrogen-bond acceptors (Lipinski definition) is 3. The van der Waals surface area contributed by atoms with Gasteiger partial charge in [0.1, 0.15) is 11.5 Å². The molecular weight excluding hydrogens is 262 g/mol. The number of ether oxygens (including phenoxy) is 2. The summed E-state index contributed by atoms with van der Waals surface area (Å²) in [6, 6.07) is 6.53. The van der Waals surface area contributed by atoms with E-state index in [-0.39, 0.29) is 0 Å². The molecular formula is C18H29NO2. The maximum atomic E-state index is 5.48. The van der Waals surface area contributed by atoms with Gasteiger partial charge in [-0.2, -0.15) is 0 Å². The quantitative estimate of drug-likeness (QED) is 0.796. The third-order valence-corrected chi connectivity index (χ3v) is 4.72. The average Bonchev–Trinajstić information content (AvgIpc) is 2.73. The van der Waals surface area contributed by atoms with Crippen LogP contribution in [0.3, 0.4) is 0 Å². The molecule has 0 aliphatic heterocycles. The van der Waals surface area contributed by atoms with Crippen LogP contribution in [0.2, 0.25) is 0 Å². The van der Waals surface area contributed by atoms with Gasteiger partial charge < -0.3 is 14.8 Å². The average molecular weight is 291 g/mol. The fourth-order valence-electron chi connectivity index (χ4n) is 3.28. The third kappa shape index (κ3) is 4.29. The van der Waals surface area contributed by atoms with Crippen LogP contribution in [0, 0.1) is 11.8 Å². The summed E-state index contributed by atoms with van der Waals surface area (Å²) >= 11 is 0. The highest BCUT2D eigenvalue weighted by atomic mass is 16.5. The van der Waals surface area contributed by atoms with E-state index in [1.54, 1.807) is 14.2 Å². The van der Waals surface area contributed by atoms with Crippen molar-refractivity contribution in [2.45, 2.75) is 52.0 Å². The molecule has 1 aliphatic carbocycles. The van der Waals surface area contributed by atoms with Gasteiger partial charge in [0.25, 0.3) is 0 Å². The Labute approximate surface area is 129 Å². The second-order valence-electron chi connectivity index (χ2n) is 6.42. The Kier molecular flexibility index (Phi) is 5.77. The number of anilines is 1. The molecule has 0 aromatic heterocycles. The van der Waals surface area contributed by atoms with Gasteiger partial charge in [0.05, 0.1) is 19.9 Å². The van der Waals surface area contributed by atoms with Crippen LogP contribution < -0.4 is 14.8 Å². The van der Waals surface area contributed by atoms with Crippen LogP contribution >= 0.6 is 0 Å². The fraction of sp³-hybridized carbons (Fsp3) is 0.667. The van der Waals surface area contributed by atoms with Crippen LogP contribution in [0.15, 0.2) is 18.2 Å². The minimum Gasteiger partial charge on any atom is -0.497 e. The van der Waals surface area contributed by atoms with Crippen molar-refractivity contribution in [1.82, 2.24) is 0 Å². The topological polar surface area (TPSA) is 30.5 Å². The Hall–Kier alpha value is -1.38. The summed E-state index contributed by atoms with van der Waals surface area (Å²) in [6.45, 7) is 4.70. The lowest BCUT2D eigenvalue weighted by atomic mass is 9.89. The number of rotatable bonds is 5. The lowest BCUT2D eigenvalue weighted by molar-refractivity contribution is 0.341. The molecule has 0 bridgehead atoms. The van der Waals surface area contributed by atoms with Crippen molar-refractivity contribution in [1.29, 1.82) is 0 Å². The Balaban J connectivity index is 2.01. The molecule has 3 heteroatoms. The molecule has 2 unspecified atom stereocenters. The number of hydrogen-bond donors (Lipinski definition) is 1. The molecule has 2 atom stereocenters. The molecule has 0 amide bonds. The Bertz CT molecular complexity index is 445. The molecule has 3 nitrogen and oxygen atoms in total. The summed E-state index contributed by atoms with van der Waals surface area (Å²) < 4.78 is 10.7. The first kappa shape index (κ1) is 16.0. The molecule has 1 fully saturated rings. The highest BCUT2D eigenvalue weighted by molar-refractivity contribution is 5.59. The molecule has 0 spiro atoms. The van der Waals surface area contributed by atoms with E-state index in [9.17, 15) is 0 Å². The first-order chi connectivity index (χ1) is 10.1. The summed E-state index contributed by atoms with van der Waals surface area (Å²) in [5, 5.41) is 3.67. The van der Waals surface area contributed by atoms with E-state index in [1.165, 1.54) is 32.1 Å². The molecule has 1 saturated carbocycles. The van der Waals surface area contributed by atoms with Gasteiger partial charge in [-0.3, -0.25) is 0 Å². The van der Waals surface area contributed by atoms with Crippen LogP contribution in [0.4, 0.5) is 5.69 Å². The molecule has 0 heterocycles. The predicted molar refractivity (Wildman–Crippen MR) is 88.4 cm³/mol. The number of methoxy groups -OCH3 is 2. The molecule has 2 rings (SSSR count). The van der Waals surface area contributed by atoms with Gasteiger partial charge in [-0.15, -0.1) is 0 Å². The van der Waals surface area contributed by atoms with Crippen LogP contribution in [-0.2, 0) is 0 Å². The van der Waals surface area contributed by atoms with Crippen molar-refractivity contribution < 1.29 is 9.47 Å². The molecule has 118 valence electrons. The van der Waals surface area contributed by atoms with Gasteiger partial charge in [-0.25, -0.2) is 0 Å². The highest BCUT2D eigenvalue weighted by Crippen LogP contribution is 2.33. The summed E-state index contributed by atoms with van der Waals surface area (Å²) in [6.07, 6.45) is 6.51. The molecule has 0 radical (unpaired) electrons. The van der Waals surface area contributed by atoms with Crippen molar-refractivity contribution >= 4 is 5.69 Å². The Morgan fingerprint density at radius 1 is 1.05 bits per heavy atom. The van der Waals surface area contributed by atoms with Gasteiger partial charge in [0, 0.05) is 12.1 Å². The number of benzene rings is 1. The third-order valence-electron chi connectivity index (χ3n) is 4.72. The molecule has 1 aromatic rings. The normalized spacial score (nSPS) is 22.7. The van der Waals surface area contributed by atoms with E-state index in [0.29, 0.717) is 6.04 Å². The van der Waals surface area contributed by atoms with Crippen molar-refractivity contribution in [3.8, 4) is 11.5 Å². The first-order valence-corrected chi connectivity index (χ1v) is 8.12. The smallest absolute Gasteiger partial charge is 0.145 e. The first-order valence-electron chi connectivity index (χ1n) is 8.12. The second kappa shape index (κ2) is 7.58. The fourth-order valence-corrected chi connectivity index (χ4v) is 3.28. The SMILES string of the molecule is COc1ccc(NC2CCCC(C(C)C)CC2)c(OC)c1. The van der Waals surface area contributed by atoms with E-state index in [0.717, 1.165) is 29.0 Å². The lowest BCUT2D eigenvalue weighted by Gasteiger charge is -2.21. The molecule has 1 aromatic carbocycles. The van der Waals surface area contributed by atoms with E-state index < -0.39 is 0 Å². The monoisotopic (exact) mass is 291 g/mol. The van der Waals surface area contributed by atoms with Gasteiger partial charge in [-0.1, -0.05) is 26.7 Å². The zero-order chi connectivity index (χ0) is 15.2. The Morgan fingerprint density at radius 3 is 2.52 bits per heavy atom. The van der Waals surface area contributed by atoms with Crippen molar-refractivity contribution in [2.75, 3.05) is 19.5 Å². The minimum absolute atomic E-state index is 0.552. The van der Waals surface area contributed by atoms with Crippen molar-refractivity contribution in [3.05, 3.63) is 18.2 Å². The predicted octanol–water partition coefficient (Wildman–Crippen LogP) is 4.72. The van der Waals surface area contributed by atoms with Crippen LogP contribution in [0.25, 0.3) is 0 Å². The van der Waals surface area contributed by atoms with Gasteiger partial charge in [0.2, 0.25) is 0 Å². The summed E-state index contributed by atoms with van der Waals surface area (Å²) in [5.74, 6) is 3.38. The molecule has 0 saturated heterocycles. The van der Waals surface area contributed by atoms with E-state index in [4.69, 9.17) is 9.47 Å². The molecule has 1 N–H and O–H groups in total. The minimum atomic E-state index is 0.552. The summed E-state index contributed by atoms with van der Waals surface area (Å²) in [4.78, 5) is 0. The van der Waals surface area contributed by atoms with Crippen LogP contribution in [0.5, 0.6) is 11.5 Å². The van der Waals surface area contributed by atoms with Gasteiger partial charge in [0.15, 0.2) is 0 Å². The second-order valence-corrected chi connectivity index (χ2v) is 6.42. The maximum Gasteiger partial charge on any atom is 0.145 e. The van der Waals surface area contributed by atoms with Crippen molar-refractivity contribution in [3.63, 3.8) is 0 Å². The highest BCUT2D eigenvalue weighted by Gasteiger charge is 2.21. The molecule has 21 heavy (non-hydrogen) atoms. The lowest BCUT2D eigenvalue weighted by Crippen LogP contribution is -2.19. The van der Waals surface area contributed by atoms with Crippen LogP contribution in [-0.4, -0.2) is 20.3 Å². The van der Waals surface area contributed by atoms with Crippen molar-refractivity contribution in [2.24, 2.45) is 11.8 Å². The summed E-state index contributed by atoms with van der Waals surface area (Å²) in [7, 11) is 3.39. The summed E-state index contributed by atoms with van der Waals surface area (Å²) in [5.41, 5.74) is 1.08. The Morgan fingerprint density at radius 2 is 1.86 bits per heavy atom.